The van der Waals surface area contributed by atoms with Crippen LogP contribution in [-0.4, -0.2) is 39.5 Å². The molecule has 7 heteroatoms. The van der Waals surface area contributed by atoms with Crippen molar-refractivity contribution < 1.29 is 13.2 Å². The molecule has 1 aliphatic rings. The zero-order valence-corrected chi connectivity index (χ0v) is 13.9. The molecule has 5 nitrogen and oxygen atoms in total. The van der Waals surface area contributed by atoms with Crippen molar-refractivity contribution in [2.24, 2.45) is 0 Å². The zero-order valence-electron chi connectivity index (χ0n) is 12.4. The van der Waals surface area contributed by atoms with Gasteiger partial charge >= 0.3 is 0 Å². The van der Waals surface area contributed by atoms with Gasteiger partial charge in [0.25, 0.3) is 0 Å². The summed E-state index contributed by atoms with van der Waals surface area (Å²) in [6.07, 6.45) is 1.79. The maximum Gasteiger partial charge on any atom is 0.246 e. The van der Waals surface area contributed by atoms with Gasteiger partial charge in [0.2, 0.25) is 10.0 Å². The van der Waals surface area contributed by atoms with Gasteiger partial charge in [0.1, 0.15) is 10.6 Å². The SMILES string of the molecule is CCNCc1cc(Cl)cc(S(=O)(=O)N2CCCC2)c1OC. The van der Waals surface area contributed by atoms with Crippen LogP contribution in [0.25, 0.3) is 0 Å². The van der Waals surface area contributed by atoms with Crippen molar-refractivity contribution in [3.8, 4) is 5.75 Å². The Morgan fingerprint density at radius 3 is 2.57 bits per heavy atom. The largest absolute Gasteiger partial charge is 0.495 e. The summed E-state index contributed by atoms with van der Waals surface area (Å²) in [6.45, 7) is 4.40. The predicted molar refractivity (Wildman–Crippen MR) is 83.4 cm³/mol. The molecular formula is C14H21ClN2O3S. The molecule has 0 spiro atoms. The van der Waals surface area contributed by atoms with Gasteiger partial charge in [0.15, 0.2) is 0 Å². The van der Waals surface area contributed by atoms with Crippen LogP contribution >= 0.6 is 11.6 Å². The van der Waals surface area contributed by atoms with E-state index in [1.54, 1.807) is 6.07 Å². The number of methoxy groups -OCH3 is 1. The number of hydrogen-bond donors (Lipinski definition) is 1. The van der Waals surface area contributed by atoms with Gasteiger partial charge in [-0.3, -0.25) is 0 Å². The first-order valence-corrected chi connectivity index (χ1v) is 8.89. The number of hydrogen-bond acceptors (Lipinski definition) is 4. The van der Waals surface area contributed by atoms with Crippen LogP contribution in [0.1, 0.15) is 25.3 Å². The van der Waals surface area contributed by atoms with Crippen molar-refractivity contribution in [2.75, 3.05) is 26.7 Å². The van der Waals surface area contributed by atoms with Gasteiger partial charge in [-0.1, -0.05) is 18.5 Å². The molecule has 0 amide bonds. The van der Waals surface area contributed by atoms with E-state index in [-0.39, 0.29) is 4.90 Å². The predicted octanol–water partition coefficient (Wildman–Crippen LogP) is 2.24. The lowest BCUT2D eigenvalue weighted by Gasteiger charge is -2.20. The summed E-state index contributed by atoms with van der Waals surface area (Å²) in [4.78, 5) is 0.160. The quantitative estimate of drug-likeness (QED) is 0.868. The van der Waals surface area contributed by atoms with Crippen molar-refractivity contribution >= 4 is 21.6 Å². The maximum atomic E-state index is 12.8. The Kier molecular flexibility index (Phi) is 5.48. The molecule has 0 radical (unpaired) electrons. The number of nitrogens with one attached hydrogen (secondary N) is 1. The summed E-state index contributed by atoms with van der Waals surface area (Å²) < 4.78 is 32.4. The molecule has 0 unspecified atom stereocenters. The van der Waals surface area contributed by atoms with E-state index >= 15 is 0 Å². The van der Waals surface area contributed by atoms with E-state index < -0.39 is 10.0 Å². The maximum absolute atomic E-state index is 12.8. The molecule has 0 bridgehead atoms. The van der Waals surface area contributed by atoms with Crippen LogP contribution in [0.2, 0.25) is 5.02 Å². The minimum absolute atomic E-state index is 0.160. The van der Waals surface area contributed by atoms with E-state index in [4.69, 9.17) is 16.3 Å². The first kappa shape index (κ1) is 16.5. The number of rotatable bonds is 6. The third kappa shape index (κ3) is 3.51. The minimum Gasteiger partial charge on any atom is -0.495 e. The number of halogens is 1. The molecule has 1 heterocycles. The van der Waals surface area contributed by atoms with Crippen LogP contribution in [0.5, 0.6) is 5.75 Å². The fraction of sp³-hybridized carbons (Fsp3) is 0.571. The molecule has 1 aromatic carbocycles. The third-order valence-electron chi connectivity index (χ3n) is 3.55. The second-order valence-corrected chi connectivity index (χ2v) is 7.33. The first-order chi connectivity index (χ1) is 10.0. The van der Waals surface area contributed by atoms with Crippen molar-refractivity contribution in [2.45, 2.75) is 31.2 Å². The van der Waals surface area contributed by atoms with Crippen LogP contribution in [-0.2, 0) is 16.6 Å². The Labute approximate surface area is 131 Å². The van der Waals surface area contributed by atoms with Gasteiger partial charge in [0.05, 0.1) is 7.11 Å². The lowest BCUT2D eigenvalue weighted by atomic mass is 10.2. The van der Waals surface area contributed by atoms with Gasteiger partial charge in [-0.2, -0.15) is 4.31 Å². The number of ether oxygens (including phenoxy) is 1. The highest BCUT2D eigenvalue weighted by molar-refractivity contribution is 7.89. The van der Waals surface area contributed by atoms with Gasteiger partial charge < -0.3 is 10.1 Å². The van der Waals surface area contributed by atoms with E-state index in [0.29, 0.717) is 30.4 Å². The molecule has 0 atom stereocenters. The molecule has 1 N–H and O–H groups in total. The van der Waals surface area contributed by atoms with Crippen LogP contribution in [0, 0.1) is 0 Å². The molecule has 21 heavy (non-hydrogen) atoms. The van der Waals surface area contributed by atoms with Crippen LogP contribution in [0.15, 0.2) is 17.0 Å². The normalized spacial score (nSPS) is 16.3. The molecule has 118 valence electrons. The van der Waals surface area contributed by atoms with Crippen molar-refractivity contribution in [1.82, 2.24) is 9.62 Å². The van der Waals surface area contributed by atoms with Gasteiger partial charge in [0, 0.05) is 30.2 Å². The number of benzene rings is 1. The highest BCUT2D eigenvalue weighted by Gasteiger charge is 2.31. The fourth-order valence-corrected chi connectivity index (χ4v) is 4.55. The Morgan fingerprint density at radius 1 is 1.33 bits per heavy atom. The average molecular weight is 333 g/mol. The fourth-order valence-electron chi connectivity index (χ4n) is 2.50. The molecule has 0 aliphatic carbocycles. The smallest absolute Gasteiger partial charge is 0.246 e. The van der Waals surface area contributed by atoms with E-state index in [1.807, 2.05) is 6.92 Å². The summed E-state index contributed by atoms with van der Waals surface area (Å²) in [6, 6.07) is 3.22. The Hall–Kier alpha value is -0.820. The first-order valence-electron chi connectivity index (χ1n) is 7.08. The monoisotopic (exact) mass is 332 g/mol. The second kappa shape index (κ2) is 6.96. The van der Waals surface area contributed by atoms with Gasteiger partial charge in [-0.25, -0.2) is 8.42 Å². The number of sulfonamides is 1. The zero-order chi connectivity index (χ0) is 15.5. The molecule has 1 aliphatic heterocycles. The summed E-state index contributed by atoms with van der Waals surface area (Å²) in [5.41, 5.74) is 0.754. The van der Waals surface area contributed by atoms with E-state index in [2.05, 4.69) is 5.32 Å². The highest BCUT2D eigenvalue weighted by Crippen LogP contribution is 2.34. The van der Waals surface area contributed by atoms with Crippen molar-refractivity contribution in [1.29, 1.82) is 0 Å². The molecule has 1 saturated heterocycles. The van der Waals surface area contributed by atoms with Crippen LogP contribution < -0.4 is 10.1 Å². The minimum atomic E-state index is -3.56. The van der Waals surface area contributed by atoms with Crippen LogP contribution in [0.3, 0.4) is 0 Å². The standard InChI is InChI=1S/C14H21ClN2O3S/c1-3-16-10-11-8-12(15)9-13(14(11)20-2)21(18,19)17-6-4-5-7-17/h8-9,16H,3-7,10H2,1-2H3. The molecule has 1 aromatic rings. The molecule has 1 fully saturated rings. The number of nitrogens with zero attached hydrogens (tertiary/aromatic N) is 1. The van der Waals surface area contributed by atoms with E-state index in [9.17, 15) is 8.42 Å². The third-order valence-corrected chi connectivity index (χ3v) is 5.67. The van der Waals surface area contributed by atoms with Gasteiger partial charge in [-0.15, -0.1) is 0 Å². The highest BCUT2D eigenvalue weighted by atomic mass is 35.5. The molecular weight excluding hydrogens is 312 g/mol. The van der Waals surface area contributed by atoms with Crippen LogP contribution in [0.4, 0.5) is 0 Å². The van der Waals surface area contributed by atoms with Crippen molar-refractivity contribution in [3.63, 3.8) is 0 Å². The molecule has 2 rings (SSSR count). The summed E-state index contributed by atoms with van der Waals surface area (Å²) in [7, 11) is -2.07. The molecule has 0 aromatic heterocycles. The summed E-state index contributed by atoms with van der Waals surface area (Å²) in [5.74, 6) is 0.382. The Balaban J connectivity index is 2.48. The topological polar surface area (TPSA) is 58.6 Å². The second-order valence-electron chi connectivity index (χ2n) is 4.99. The summed E-state index contributed by atoms with van der Waals surface area (Å²) in [5, 5.41) is 3.57. The van der Waals surface area contributed by atoms with E-state index in [0.717, 1.165) is 24.9 Å². The van der Waals surface area contributed by atoms with E-state index in [1.165, 1.54) is 17.5 Å². The average Bonchev–Trinajstić information content (AvgIpc) is 2.99. The summed E-state index contributed by atoms with van der Waals surface area (Å²) >= 11 is 6.10. The Morgan fingerprint density at radius 2 is 2.00 bits per heavy atom. The Bertz CT molecular complexity index is 598. The van der Waals surface area contributed by atoms with Gasteiger partial charge in [-0.05, 0) is 31.5 Å². The van der Waals surface area contributed by atoms with Crippen molar-refractivity contribution in [3.05, 3.63) is 22.7 Å². The lowest BCUT2D eigenvalue weighted by molar-refractivity contribution is 0.392. The molecule has 0 saturated carbocycles. The lowest BCUT2D eigenvalue weighted by Crippen LogP contribution is -2.28.